The molecule has 0 aromatic heterocycles. The first-order valence-electron chi connectivity index (χ1n) is 4.13. The van der Waals surface area contributed by atoms with E-state index >= 15 is 0 Å². The molecule has 1 atom stereocenters. The Kier molecular flexibility index (Phi) is 4.19. The Bertz CT molecular complexity index is 150. The molecule has 1 unspecified atom stereocenters. The number of allylic oxidation sites excluding steroid dienone is 1. The lowest BCUT2D eigenvalue weighted by Crippen LogP contribution is -2.19. The second-order valence-corrected chi connectivity index (χ2v) is 3.25. The van der Waals surface area contributed by atoms with Crippen molar-refractivity contribution in [1.82, 2.24) is 0 Å². The third kappa shape index (κ3) is 2.93. The van der Waals surface area contributed by atoms with Crippen molar-refractivity contribution in [3.8, 4) is 0 Å². The molecule has 0 amide bonds. The van der Waals surface area contributed by atoms with E-state index in [1.807, 2.05) is 27.7 Å². The third-order valence-corrected chi connectivity index (χ3v) is 1.96. The lowest BCUT2D eigenvalue weighted by molar-refractivity contribution is 0.159. The molecular formula is C9H19NO. The maximum absolute atomic E-state index is 9.56. The van der Waals surface area contributed by atoms with Gasteiger partial charge in [0.05, 0.1) is 6.10 Å². The maximum atomic E-state index is 9.56. The fraction of sp³-hybridized carbons (Fsp3) is 0.778. The summed E-state index contributed by atoms with van der Waals surface area (Å²) in [4.78, 5) is 0. The quantitative estimate of drug-likeness (QED) is 0.654. The fourth-order valence-electron chi connectivity index (χ4n) is 0.969. The SMILES string of the molecule is CCC(N)=C(C)C(O)C(C)C. The summed E-state index contributed by atoms with van der Waals surface area (Å²) in [5.41, 5.74) is 7.41. The Morgan fingerprint density at radius 1 is 1.45 bits per heavy atom. The van der Waals surface area contributed by atoms with E-state index in [-0.39, 0.29) is 12.0 Å². The number of aliphatic hydroxyl groups excluding tert-OH is 1. The van der Waals surface area contributed by atoms with Crippen molar-refractivity contribution in [2.75, 3.05) is 0 Å². The van der Waals surface area contributed by atoms with Crippen molar-refractivity contribution in [2.24, 2.45) is 11.7 Å². The lowest BCUT2D eigenvalue weighted by atomic mass is 9.98. The molecular weight excluding hydrogens is 138 g/mol. The summed E-state index contributed by atoms with van der Waals surface area (Å²) in [5.74, 6) is 0.250. The fourth-order valence-corrected chi connectivity index (χ4v) is 0.969. The molecule has 0 aromatic rings. The molecule has 0 aliphatic rings. The van der Waals surface area contributed by atoms with Gasteiger partial charge < -0.3 is 10.8 Å². The van der Waals surface area contributed by atoms with Crippen molar-refractivity contribution in [3.05, 3.63) is 11.3 Å². The number of aliphatic hydroxyl groups is 1. The molecule has 0 bridgehead atoms. The largest absolute Gasteiger partial charge is 0.402 e. The molecule has 0 aliphatic heterocycles. The van der Waals surface area contributed by atoms with Crippen molar-refractivity contribution < 1.29 is 5.11 Å². The highest BCUT2D eigenvalue weighted by molar-refractivity contribution is 5.13. The van der Waals surface area contributed by atoms with Crippen LogP contribution in [0.25, 0.3) is 0 Å². The third-order valence-electron chi connectivity index (χ3n) is 1.96. The second-order valence-electron chi connectivity index (χ2n) is 3.25. The normalized spacial score (nSPS) is 16.5. The highest BCUT2D eigenvalue weighted by atomic mass is 16.3. The average molecular weight is 157 g/mol. The van der Waals surface area contributed by atoms with E-state index in [0.717, 1.165) is 17.7 Å². The predicted molar refractivity (Wildman–Crippen MR) is 48.0 cm³/mol. The van der Waals surface area contributed by atoms with Gasteiger partial charge in [0, 0.05) is 5.70 Å². The lowest BCUT2D eigenvalue weighted by Gasteiger charge is -2.17. The smallest absolute Gasteiger partial charge is 0.0789 e. The molecule has 0 saturated carbocycles. The highest BCUT2D eigenvalue weighted by Crippen LogP contribution is 2.14. The maximum Gasteiger partial charge on any atom is 0.0789 e. The van der Waals surface area contributed by atoms with E-state index in [1.165, 1.54) is 0 Å². The van der Waals surface area contributed by atoms with Crippen LogP contribution in [0.15, 0.2) is 11.3 Å². The van der Waals surface area contributed by atoms with Gasteiger partial charge in [-0.05, 0) is 24.8 Å². The number of hydrogen-bond donors (Lipinski definition) is 2. The van der Waals surface area contributed by atoms with E-state index in [4.69, 9.17) is 5.73 Å². The first-order chi connectivity index (χ1) is 5.00. The van der Waals surface area contributed by atoms with Crippen molar-refractivity contribution in [2.45, 2.75) is 40.2 Å². The van der Waals surface area contributed by atoms with Crippen LogP contribution in [0.3, 0.4) is 0 Å². The van der Waals surface area contributed by atoms with Crippen LogP contribution < -0.4 is 5.73 Å². The summed E-state index contributed by atoms with van der Waals surface area (Å²) >= 11 is 0. The first kappa shape index (κ1) is 10.5. The molecule has 0 aromatic carbocycles. The summed E-state index contributed by atoms with van der Waals surface area (Å²) in [6, 6.07) is 0. The molecule has 2 heteroatoms. The molecule has 0 spiro atoms. The molecule has 0 fully saturated rings. The molecule has 0 saturated heterocycles. The van der Waals surface area contributed by atoms with Gasteiger partial charge >= 0.3 is 0 Å². The molecule has 0 aliphatic carbocycles. The van der Waals surface area contributed by atoms with Crippen molar-refractivity contribution >= 4 is 0 Å². The zero-order chi connectivity index (χ0) is 9.02. The van der Waals surface area contributed by atoms with Gasteiger partial charge in [0.1, 0.15) is 0 Å². The van der Waals surface area contributed by atoms with Gasteiger partial charge in [-0.1, -0.05) is 20.8 Å². The molecule has 0 heterocycles. The van der Waals surface area contributed by atoms with Crippen molar-refractivity contribution in [1.29, 1.82) is 0 Å². The van der Waals surface area contributed by atoms with Crippen LogP contribution in [-0.4, -0.2) is 11.2 Å². The minimum absolute atomic E-state index is 0.250. The molecule has 0 rings (SSSR count). The first-order valence-corrected chi connectivity index (χ1v) is 4.13. The Hall–Kier alpha value is -0.500. The van der Waals surface area contributed by atoms with Crippen LogP contribution in [0, 0.1) is 5.92 Å². The van der Waals surface area contributed by atoms with E-state index in [0.29, 0.717) is 0 Å². The van der Waals surface area contributed by atoms with Gasteiger partial charge in [-0.25, -0.2) is 0 Å². The van der Waals surface area contributed by atoms with E-state index < -0.39 is 0 Å². The average Bonchev–Trinajstić information content (AvgIpc) is 2.00. The zero-order valence-electron chi connectivity index (χ0n) is 7.89. The van der Waals surface area contributed by atoms with Crippen molar-refractivity contribution in [3.63, 3.8) is 0 Å². The Labute approximate surface area is 69.1 Å². The van der Waals surface area contributed by atoms with Gasteiger partial charge in [0.2, 0.25) is 0 Å². The Balaban J connectivity index is 4.33. The second kappa shape index (κ2) is 4.39. The van der Waals surface area contributed by atoms with Gasteiger partial charge in [-0.2, -0.15) is 0 Å². The number of hydrogen-bond acceptors (Lipinski definition) is 2. The minimum atomic E-state index is -0.380. The van der Waals surface area contributed by atoms with Gasteiger partial charge in [0.15, 0.2) is 0 Å². The summed E-state index contributed by atoms with van der Waals surface area (Å²) in [5, 5.41) is 9.56. The van der Waals surface area contributed by atoms with Crippen LogP contribution in [0.2, 0.25) is 0 Å². The minimum Gasteiger partial charge on any atom is -0.402 e. The van der Waals surface area contributed by atoms with Crippen LogP contribution in [-0.2, 0) is 0 Å². The van der Waals surface area contributed by atoms with E-state index in [1.54, 1.807) is 0 Å². The van der Waals surface area contributed by atoms with Gasteiger partial charge in [-0.3, -0.25) is 0 Å². The Morgan fingerprint density at radius 2 is 1.91 bits per heavy atom. The topological polar surface area (TPSA) is 46.2 Å². The summed E-state index contributed by atoms with van der Waals surface area (Å²) in [6.45, 7) is 7.85. The molecule has 11 heavy (non-hydrogen) atoms. The van der Waals surface area contributed by atoms with Gasteiger partial charge in [0.25, 0.3) is 0 Å². The van der Waals surface area contributed by atoms with Crippen LogP contribution >= 0.6 is 0 Å². The number of rotatable bonds is 3. The highest BCUT2D eigenvalue weighted by Gasteiger charge is 2.12. The van der Waals surface area contributed by atoms with Gasteiger partial charge in [-0.15, -0.1) is 0 Å². The molecule has 66 valence electrons. The summed E-state index contributed by atoms with van der Waals surface area (Å²) < 4.78 is 0. The molecule has 3 N–H and O–H groups in total. The summed E-state index contributed by atoms with van der Waals surface area (Å²) in [7, 11) is 0. The van der Waals surface area contributed by atoms with Crippen LogP contribution in [0.1, 0.15) is 34.1 Å². The molecule has 0 radical (unpaired) electrons. The monoisotopic (exact) mass is 157 g/mol. The summed E-state index contributed by atoms with van der Waals surface area (Å²) in [6.07, 6.45) is 0.435. The standard InChI is InChI=1S/C9H19NO/c1-5-8(10)7(4)9(11)6(2)3/h6,9,11H,5,10H2,1-4H3. The number of nitrogens with two attached hydrogens (primary N) is 1. The van der Waals surface area contributed by atoms with E-state index in [9.17, 15) is 5.11 Å². The zero-order valence-corrected chi connectivity index (χ0v) is 7.89. The van der Waals surface area contributed by atoms with Crippen LogP contribution in [0.4, 0.5) is 0 Å². The van der Waals surface area contributed by atoms with Crippen LogP contribution in [0.5, 0.6) is 0 Å². The molecule has 2 nitrogen and oxygen atoms in total. The van der Waals surface area contributed by atoms with E-state index in [2.05, 4.69) is 0 Å². The predicted octanol–water partition coefficient (Wildman–Crippen LogP) is 1.65. The Morgan fingerprint density at radius 3 is 2.18 bits per heavy atom.